The fourth-order valence-corrected chi connectivity index (χ4v) is 2.51. The molecule has 0 aromatic heterocycles. The Labute approximate surface area is 120 Å². The molecule has 1 aromatic rings. The van der Waals surface area contributed by atoms with Gasteiger partial charge in [0.05, 0.1) is 7.11 Å². The number of rotatable bonds is 4. The molecule has 3 N–H and O–H groups in total. The van der Waals surface area contributed by atoms with Crippen molar-refractivity contribution < 1.29 is 9.53 Å². The highest BCUT2D eigenvalue weighted by Crippen LogP contribution is 2.17. The fraction of sp³-hybridized carbons (Fsp3) is 0.533. The molecule has 1 aromatic carbocycles. The van der Waals surface area contributed by atoms with E-state index in [1.54, 1.807) is 7.11 Å². The molecule has 2 amide bonds. The van der Waals surface area contributed by atoms with Gasteiger partial charge in [0.1, 0.15) is 5.75 Å². The number of amides is 2. The van der Waals surface area contributed by atoms with Crippen LogP contribution in [-0.2, 0) is 0 Å². The van der Waals surface area contributed by atoms with Crippen LogP contribution in [0.25, 0.3) is 0 Å². The SMILES string of the molecule is COc1ccc(NC(=O)NC(C)C2CCNCC2)cc1. The Bertz CT molecular complexity index is 427. The average Bonchev–Trinajstić information content (AvgIpc) is 2.49. The van der Waals surface area contributed by atoms with Gasteiger partial charge in [-0.3, -0.25) is 0 Å². The van der Waals surface area contributed by atoms with E-state index in [9.17, 15) is 4.79 Å². The lowest BCUT2D eigenvalue weighted by atomic mass is 9.91. The number of carbonyl (C=O) groups excluding carboxylic acids is 1. The second kappa shape index (κ2) is 7.14. The van der Waals surface area contributed by atoms with Crippen LogP contribution in [0.15, 0.2) is 24.3 Å². The molecule has 0 radical (unpaired) electrons. The van der Waals surface area contributed by atoms with Crippen LogP contribution >= 0.6 is 0 Å². The molecule has 1 aliphatic heterocycles. The largest absolute Gasteiger partial charge is 0.497 e. The maximum atomic E-state index is 12.0. The number of piperidine rings is 1. The minimum atomic E-state index is -0.152. The quantitative estimate of drug-likeness (QED) is 0.790. The molecule has 5 nitrogen and oxygen atoms in total. The van der Waals surface area contributed by atoms with Gasteiger partial charge in [-0.1, -0.05) is 0 Å². The standard InChI is InChI=1S/C15H23N3O2/c1-11(12-7-9-16-10-8-12)17-15(19)18-13-3-5-14(20-2)6-4-13/h3-6,11-12,16H,7-10H2,1-2H3,(H2,17,18,19). The van der Waals surface area contributed by atoms with Crippen molar-refractivity contribution in [3.63, 3.8) is 0 Å². The maximum Gasteiger partial charge on any atom is 0.319 e. The molecule has 1 unspecified atom stereocenters. The van der Waals surface area contributed by atoms with Crippen LogP contribution in [0.5, 0.6) is 5.75 Å². The van der Waals surface area contributed by atoms with Crippen LogP contribution in [0.1, 0.15) is 19.8 Å². The van der Waals surface area contributed by atoms with Gasteiger partial charge < -0.3 is 20.7 Å². The summed E-state index contributed by atoms with van der Waals surface area (Å²) in [5.74, 6) is 1.33. The molecule has 110 valence electrons. The Kier molecular flexibility index (Phi) is 5.24. The number of carbonyl (C=O) groups is 1. The van der Waals surface area contributed by atoms with Crippen molar-refractivity contribution >= 4 is 11.7 Å². The lowest BCUT2D eigenvalue weighted by molar-refractivity contribution is 0.237. The topological polar surface area (TPSA) is 62.4 Å². The maximum absolute atomic E-state index is 12.0. The highest BCUT2D eigenvalue weighted by atomic mass is 16.5. The summed E-state index contributed by atoms with van der Waals surface area (Å²) < 4.78 is 5.08. The molecule has 1 fully saturated rings. The zero-order valence-electron chi connectivity index (χ0n) is 12.1. The van der Waals surface area contributed by atoms with Crippen LogP contribution in [0.2, 0.25) is 0 Å². The van der Waals surface area contributed by atoms with Crippen molar-refractivity contribution in [1.29, 1.82) is 0 Å². The molecule has 1 atom stereocenters. The van der Waals surface area contributed by atoms with E-state index in [4.69, 9.17) is 4.74 Å². The minimum absolute atomic E-state index is 0.152. The van der Waals surface area contributed by atoms with Crippen molar-refractivity contribution in [3.05, 3.63) is 24.3 Å². The van der Waals surface area contributed by atoms with Crippen molar-refractivity contribution in [2.75, 3.05) is 25.5 Å². The summed E-state index contributed by atoms with van der Waals surface area (Å²) in [4.78, 5) is 12.0. The van der Waals surface area contributed by atoms with Crippen LogP contribution in [-0.4, -0.2) is 32.3 Å². The third-order valence-corrected chi connectivity index (χ3v) is 3.80. The van der Waals surface area contributed by atoms with Crippen molar-refractivity contribution in [1.82, 2.24) is 10.6 Å². The van der Waals surface area contributed by atoms with E-state index >= 15 is 0 Å². The Morgan fingerprint density at radius 3 is 2.55 bits per heavy atom. The molecule has 5 heteroatoms. The predicted molar refractivity (Wildman–Crippen MR) is 80.2 cm³/mol. The first kappa shape index (κ1) is 14.7. The van der Waals surface area contributed by atoms with Crippen molar-refractivity contribution in [2.45, 2.75) is 25.8 Å². The first-order valence-electron chi connectivity index (χ1n) is 7.11. The third-order valence-electron chi connectivity index (χ3n) is 3.80. The predicted octanol–water partition coefficient (Wildman–Crippen LogP) is 2.20. The van der Waals surface area contributed by atoms with E-state index in [-0.39, 0.29) is 12.1 Å². The van der Waals surface area contributed by atoms with E-state index < -0.39 is 0 Å². The van der Waals surface area contributed by atoms with Gasteiger partial charge >= 0.3 is 6.03 Å². The third kappa shape index (κ3) is 4.13. The van der Waals surface area contributed by atoms with E-state index in [2.05, 4.69) is 22.9 Å². The monoisotopic (exact) mass is 277 g/mol. The van der Waals surface area contributed by atoms with E-state index in [1.165, 1.54) is 0 Å². The van der Waals surface area contributed by atoms with Crippen LogP contribution in [0.3, 0.4) is 0 Å². The number of hydrogen-bond donors (Lipinski definition) is 3. The number of anilines is 1. The summed E-state index contributed by atoms with van der Waals surface area (Å²) in [6.45, 7) is 4.15. The lowest BCUT2D eigenvalue weighted by Gasteiger charge is -2.28. The number of urea groups is 1. The number of methoxy groups -OCH3 is 1. The highest BCUT2D eigenvalue weighted by Gasteiger charge is 2.21. The molecule has 0 saturated carbocycles. The van der Waals surface area contributed by atoms with E-state index in [1.807, 2.05) is 24.3 Å². The Hall–Kier alpha value is -1.75. The first-order chi connectivity index (χ1) is 9.69. The molecule has 0 bridgehead atoms. The van der Waals surface area contributed by atoms with Crippen molar-refractivity contribution in [2.24, 2.45) is 5.92 Å². The van der Waals surface area contributed by atoms with Crippen LogP contribution in [0.4, 0.5) is 10.5 Å². The molecular formula is C15H23N3O2. The molecular weight excluding hydrogens is 254 g/mol. The minimum Gasteiger partial charge on any atom is -0.497 e. The van der Waals surface area contributed by atoms with Gasteiger partial charge in [0, 0.05) is 11.7 Å². The number of nitrogens with one attached hydrogen (secondary N) is 3. The number of ether oxygens (including phenoxy) is 1. The second-order valence-corrected chi connectivity index (χ2v) is 5.20. The summed E-state index contributed by atoms with van der Waals surface area (Å²) in [6, 6.07) is 7.34. The smallest absolute Gasteiger partial charge is 0.319 e. The van der Waals surface area contributed by atoms with Gasteiger partial charge in [0.25, 0.3) is 0 Å². The van der Waals surface area contributed by atoms with Gasteiger partial charge in [0.15, 0.2) is 0 Å². The summed E-state index contributed by atoms with van der Waals surface area (Å²) >= 11 is 0. The molecule has 0 aliphatic carbocycles. The van der Waals surface area contributed by atoms with Gasteiger partial charge in [-0.15, -0.1) is 0 Å². The molecule has 20 heavy (non-hydrogen) atoms. The Balaban J connectivity index is 1.81. The second-order valence-electron chi connectivity index (χ2n) is 5.20. The highest BCUT2D eigenvalue weighted by molar-refractivity contribution is 5.89. The molecule has 2 rings (SSSR count). The fourth-order valence-electron chi connectivity index (χ4n) is 2.51. The van der Waals surface area contributed by atoms with Crippen LogP contribution < -0.4 is 20.7 Å². The normalized spacial score (nSPS) is 17.3. The average molecular weight is 277 g/mol. The number of benzene rings is 1. The Morgan fingerprint density at radius 1 is 1.30 bits per heavy atom. The lowest BCUT2D eigenvalue weighted by Crippen LogP contribution is -2.44. The zero-order chi connectivity index (χ0) is 14.4. The molecule has 1 aliphatic rings. The van der Waals surface area contributed by atoms with Gasteiger partial charge in [-0.2, -0.15) is 0 Å². The number of hydrogen-bond acceptors (Lipinski definition) is 3. The van der Waals surface area contributed by atoms with Crippen LogP contribution in [0, 0.1) is 5.92 Å². The first-order valence-corrected chi connectivity index (χ1v) is 7.11. The summed E-state index contributed by atoms with van der Waals surface area (Å²) in [6.07, 6.45) is 2.23. The summed E-state index contributed by atoms with van der Waals surface area (Å²) in [7, 11) is 1.62. The molecule has 1 heterocycles. The van der Waals surface area contributed by atoms with E-state index in [0.29, 0.717) is 5.92 Å². The van der Waals surface area contributed by atoms with Gasteiger partial charge in [-0.25, -0.2) is 4.79 Å². The zero-order valence-corrected chi connectivity index (χ0v) is 12.1. The molecule has 1 saturated heterocycles. The summed E-state index contributed by atoms with van der Waals surface area (Å²) in [5.41, 5.74) is 0.765. The van der Waals surface area contributed by atoms with Gasteiger partial charge in [0.2, 0.25) is 0 Å². The van der Waals surface area contributed by atoms with Crippen molar-refractivity contribution in [3.8, 4) is 5.75 Å². The summed E-state index contributed by atoms with van der Waals surface area (Å²) in [5, 5.41) is 9.19. The molecule has 0 spiro atoms. The Morgan fingerprint density at radius 2 is 1.95 bits per heavy atom. The van der Waals surface area contributed by atoms with Gasteiger partial charge in [-0.05, 0) is 63.0 Å². The van der Waals surface area contributed by atoms with E-state index in [0.717, 1.165) is 37.4 Å².